The number of aromatic nitrogens is 3. The molecule has 222 valence electrons. The van der Waals surface area contributed by atoms with E-state index < -0.39 is 12.7 Å². The number of benzene rings is 2. The lowest BCUT2D eigenvalue weighted by atomic mass is 9.97. The second-order valence-electron chi connectivity index (χ2n) is 12.0. The molecule has 4 heterocycles. The Morgan fingerprint density at radius 1 is 1.17 bits per heavy atom. The Balaban J connectivity index is 1.24. The highest BCUT2D eigenvalue weighted by Gasteiger charge is 2.29. The van der Waals surface area contributed by atoms with Gasteiger partial charge >= 0.3 is 0 Å². The van der Waals surface area contributed by atoms with Gasteiger partial charge in [-0.05, 0) is 55.0 Å². The molecule has 2 aromatic heterocycles. The first kappa shape index (κ1) is 27.4. The molecule has 0 unspecified atom stereocenters. The van der Waals surface area contributed by atoms with Gasteiger partial charge in [0.2, 0.25) is 0 Å². The Morgan fingerprint density at radius 3 is 2.79 bits per heavy atom. The van der Waals surface area contributed by atoms with Crippen LogP contribution >= 0.6 is 0 Å². The summed E-state index contributed by atoms with van der Waals surface area (Å²) in [6, 6.07) is 11.8. The van der Waals surface area contributed by atoms with Crippen LogP contribution in [0, 0.1) is 5.92 Å². The first-order valence-corrected chi connectivity index (χ1v) is 15.2. The Labute approximate surface area is 245 Å². The second-order valence-corrected chi connectivity index (χ2v) is 12.0. The highest BCUT2D eigenvalue weighted by molar-refractivity contribution is 6.01. The summed E-state index contributed by atoms with van der Waals surface area (Å²) in [7, 11) is 2.05. The van der Waals surface area contributed by atoms with E-state index in [1.807, 2.05) is 13.1 Å². The maximum absolute atomic E-state index is 13.3. The molecule has 0 spiro atoms. The number of nitrogens with zero attached hydrogens (tertiary/aromatic N) is 5. The summed E-state index contributed by atoms with van der Waals surface area (Å²) in [6.45, 7) is 6.00. The highest BCUT2D eigenvalue weighted by atomic mass is 19.1. The van der Waals surface area contributed by atoms with Crippen molar-refractivity contribution in [2.75, 3.05) is 59.2 Å². The van der Waals surface area contributed by atoms with Crippen LogP contribution in [0.1, 0.15) is 28.8 Å². The number of carbonyl (C=O) groups excluding carboxylic acids is 1. The lowest BCUT2D eigenvalue weighted by Crippen LogP contribution is -2.45. The van der Waals surface area contributed by atoms with E-state index in [4.69, 9.17) is 20.2 Å². The lowest BCUT2D eigenvalue weighted by molar-refractivity contribution is 0.0323. The van der Waals surface area contributed by atoms with Crippen LogP contribution in [0.4, 0.5) is 4.39 Å². The number of halogens is 1. The van der Waals surface area contributed by atoms with Crippen molar-refractivity contribution in [3.8, 4) is 17.3 Å². The van der Waals surface area contributed by atoms with Gasteiger partial charge < -0.3 is 29.2 Å². The maximum atomic E-state index is 13.3. The molecule has 0 radical (unpaired) electrons. The van der Waals surface area contributed by atoms with E-state index in [1.54, 1.807) is 4.90 Å². The largest absolute Gasteiger partial charge is 0.490 e. The number of rotatable bonds is 10. The van der Waals surface area contributed by atoms with E-state index in [1.165, 1.54) is 12.8 Å². The Hall–Kier alpha value is -3.47. The fourth-order valence-electron chi connectivity index (χ4n) is 6.40. The Kier molecular flexibility index (Phi) is 7.37. The van der Waals surface area contributed by atoms with E-state index in [2.05, 4.69) is 44.4 Å². The minimum Gasteiger partial charge on any atom is -0.490 e. The normalized spacial score (nSPS) is 18.6. The van der Waals surface area contributed by atoms with Gasteiger partial charge in [0.1, 0.15) is 19.0 Å². The molecule has 2 aromatic carbocycles. The number of fused-ring (bicyclic) bond motifs is 3. The van der Waals surface area contributed by atoms with E-state index in [-0.39, 0.29) is 12.5 Å². The monoisotopic (exact) mass is 574 g/mol. The topological polar surface area (TPSA) is 90.8 Å². The zero-order valence-electron chi connectivity index (χ0n) is 24.2. The molecule has 1 atom stereocenters. The highest BCUT2D eigenvalue weighted by Crippen LogP contribution is 2.39. The van der Waals surface area contributed by atoms with Gasteiger partial charge in [0.05, 0.1) is 41.5 Å². The number of para-hydroxylation sites is 1. The minimum atomic E-state index is -0.665. The van der Waals surface area contributed by atoms with Gasteiger partial charge in [-0.25, -0.2) is 9.37 Å². The number of imidazole rings is 1. The van der Waals surface area contributed by atoms with Crippen LogP contribution in [0.25, 0.3) is 33.5 Å². The smallest absolute Gasteiger partial charge is 0.254 e. The molecule has 42 heavy (non-hydrogen) atoms. The minimum absolute atomic E-state index is 0.101. The van der Waals surface area contributed by atoms with E-state index in [0.29, 0.717) is 31.1 Å². The molecular formula is C32H39FN6O3. The summed E-state index contributed by atoms with van der Waals surface area (Å²) >= 11 is 0. The molecular weight excluding hydrogens is 535 g/mol. The molecule has 0 bridgehead atoms. The number of hydrogen-bond acceptors (Lipinski definition) is 6. The van der Waals surface area contributed by atoms with Crippen molar-refractivity contribution in [3.63, 3.8) is 0 Å². The van der Waals surface area contributed by atoms with Crippen LogP contribution in [0.15, 0.2) is 36.4 Å². The number of hydrogen-bond donors (Lipinski definition) is 1. The van der Waals surface area contributed by atoms with Crippen LogP contribution in [0.3, 0.4) is 0 Å². The van der Waals surface area contributed by atoms with Gasteiger partial charge in [0, 0.05) is 57.3 Å². The molecule has 10 heteroatoms. The fraction of sp³-hybridized carbons (Fsp3) is 0.500. The van der Waals surface area contributed by atoms with Crippen molar-refractivity contribution in [1.29, 1.82) is 0 Å². The van der Waals surface area contributed by atoms with E-state index in [0.717, 1.165) is 84.2 Å². The summed E-state index contributed by atoms with van der Waals surface area (Å²) < 4.78 is 29.5. The van der Waals surface area contributed by atoms with Crippen molar-refractivity contribution < 1.29 is 18.7 Å². The summed E-state index contributed by atoms with van der Waals surface area (Å²) in [5.74, 6) is 2.32. The third-order valence-corrected chi connectivity index (χ3v) is 8.95. The molecule has 4 aromatic rings. The zero-order chi connectivity index (χ0) is 28.8. The predicted octanol–water partition coefficient (Wildman–Crippen LogP) is 3.61. The SMILES string of the molecule is Cn1c(-c2cc3cccc(OCCN4CCOCC4)c3n2CC2CC2)nc2cc3c(cc21)CCN(C[C@H](N)CF)C3=O. The molecule has 9 nitrogen and oxygen atoms in total. The van der Waals surface area contributed by atoms with Crippen LogP contribution < -0.4 is 10.5 Å². The van der Waals surface area contributed by atoms with Crippen molar-refractivity contribution in [2.45, 2.75) is 31.8 Å². The van der Waals surface area contributed by atoms with E-state index >= 15 is 0 Å². The summed E-state index contributed by atoms with van der Waals surface area (Å²) in [5, 5.41) is 1.14. The summed E-state index contributed by atoms with van der Waals surface area (Å²) in [6.07, 6.45) is 3.18. The third-order valence-electron chi connectivity index (χ3n) is 8.95. The average Bonchev–Trinajstić information content (AvgIpc) is 3.68. The first-order chi connectivity index (χ1) is 20.5. The molecule has 2 N–H and O–H groups in total. The number of nitrogens with two attached hydrogens (primary N) is 1. The maximum Gasteiger partial charge on any atom is 0.254 e. The predicted molar refractivity (Wildman–Crippen MR) is 161 cm³/mol. The van der Waals surface area contributed by atoms with Crippen molar-refractivity contribution >= 4 is 27.8 Å². The number of ether oxygens (including phenoxy) is 2. The Morgan fingerprint density at radius 2 is 2.00 bits per heavy atom. The van der Waals surface area contributed by atoms with Crippen LogP contribution in [0.5, 0.6) is 5.75 Å². The number of carbonyl (C=O) groups is 1. The molecule has 1 saturated heterocycles. The lowest BCUT2D eigenvalue weighted by Gasteiger charge is -2.30. The van der Waals surface area contributed by atoms with Crippen molar-refractivity contribution in [2.24, 2.45) is 18.7 Å². The number of amides is 1. The van der Waals surface area contributed by atoms with E-state index in [9.17, 15) is 9.18 Å². The molecule has 7 rings (SSSR count). The van der Waals surface area contributed by atoms with Gasteiger partial charge in [0.15, 0.2) is 5.82 Å². The van der Waals surface area contributed by atoms with Crippen LogP contribution in [-0.4, -0.2) is 95.1 Å². The second kappa shape index (κ2) is 11.3. The van der Waals surface area contributed by atoms with Crippen LogP contribution in [-0.2, 0) is 24.8 Å². The summed E-state index contributed by atoms with van der Waals surface area (Å²) in [5.41, 5.74) is 11.4. The van der Waals surface area contributed by atoms with Gasteiger partial charge in [-0.2, -0.15) is 0 Å². The van der Waals surface area contributed by atoms with Gasteiger partial charge in [-0.3, -0.25) is 9.69 Å². The summed E-state index contributed by atoms with van der Waals surface area (Å²) in [4.78, 5) is 22.4. The van der Waals surface area contributed by atoms with Crippen LogP contribution in [0.2, 0.25) is 0 Å². The molecule has 3 aliphatic rings. The molecule has 2 aliphatic heterocycles. The molecule has 1 amide bonds. The quantitative estimate of drug-likeness (QED) is 0.311. The average molecular weight is 575 g/mol. The molecule has 2 fully saturated rings. The number of morpholine rings is 1. The van der Waals surface area contributed by atoms with Gasteiger partial charge in [-0.15, -0.1) is 0 Å². The van der Waals surface area contributed by atoms with Crippen molar-refractivity contribution in [3.05, 3.63) is 47.5 Å². The third kappa shape index (κ3) is 5.16. The fourth-order valence-corrected chi connectivity index (χ4v) is 6.40. The van der Waals surface area contributed by atoms with Gasteiger partial charge in [0.25, 0.3) is 5.91 Å². The standard InChI is InChI=1S/C32H39FN6O3/c1-36-27-15-22-7-8-38(20-24(34)18-33)32(40)25(22)17-26(27)35-31(36)28-16-23-3-2-4-29(30(23)39(28)19-21-5-6-21)42-14-11-37-9-12-41-13-10-37/h2-4,15-17,21,24H,5-14,18-20,34H2,1H3/t24-/m1/s1. The number of aryl methyl sites for hydroxylation is 1. The zero-order valence-corrected chi connectivity index (χ0v) is 24.2. The van der Waals surface area contributed by atoms with Crippen molar-refractivity contribution in [1.82, 2.24) is 23.9 Å². The molecule has 1 aliphatic carbocycles. The van der Waals surface area contributed by atoms with Gasteiger partial charge in [-0.1, -0.05) is 12.1 Å². The first-order valence-electron chi connectivity index (χ1n) is 15.2. The number of alkyl halides is 1. The Bertz CT molecular complexity index is 1620. The molecule has 1 saturated carbocycles.